The van der Waals surface area contributed by atoms with Crippen molar-refractivity contribution in [3.05, 3.63) is 71.3 Å². The van der Waals surface area contributed by atoms with E-state index in [2.05, 4.69) is 34.7 Å². The van der Waals surface area contributed by atoms with Crippen molar-refractivity contribution in [1.82, 2.24) is 15.5 Å². The monoisotopic (exact) mass is 424 g/mol. The van der Waals surface area contributed by atoms with Gasteiger partial charge >= 0.3 is 0 Å². The van der Waals surface area contributed by atoms with Gasteiger partial charge in [0.1, 0.15) is 0 Å². The van der Waals surface area contributed by atoms with Crippen LogP contribution in [-0.2, 0) is 17.9 Å². The van der Waals surface area contributed by atoms with Gasteiger partial charge in [-0.2, -0.15) is 0 Å². The van der Waals surface area contributed by atoms with Gasteiger partial charge in [-0.25, -0.2) is 0 Å². The highest BCUT2D eigenvalue weighted by atomic mass is 16.5. The molecule has 0 aliphatic rings. The number of hydrogen-bond donors (Lipinski definition) is 2. The Hall–Kier alpha value is -2.86. The molecule has 0 radical (unpaired) electrons. The minimum atomic E-state index is 0.0745. The number of aliphatic imine (C=N–C) groups is 1. The van der Waals surface area contributed by atoms with Crippen LogP contribution >= 0.6 is 0 Å². The van der Waals surface area contributed by atoms with E-state index in [1.807, 2.05) is 61.2 Å². The Labute approximate surface area is 186 Å². The lowest BCUT2D eigenvalue weighted by Crippen LogP contribution is -2.39. The lowest BCUT2D eigenvalue weighted by atomic mass is 10.1. The minimum absolute atomic E-state index is 0.0745. The number of carbonyl (C=O) groups is 1. The van der Waals surface area contributed by atoms with E-state index in [-0.39, 0.29) is 5.91 Å². The average molecular weight is 425 g/mol. The number of hydrogen-bond acceptors (Lipinski definition) is 3. The molecule has 0 heterocycles. The van der Waals surface area contributed by atoms with E-state index >= 15 is 0 Å². The molecule has 31 heavy (non-hydrogen) atoms. The van der Waals surface area contributed by atoms with Crippen LogP contribution in [0.15, 0.2) is 59.6 Å². The molecule has 2 aromatic carbocycles. The van der Waals surface area contributed by atoms with Gasteiger partial charge in [0, 0.05) is 38.8 Å². The summed E-state index contributed by atoms with van der Waals surface area (Å²) in [6.07, 6.45) is 0. The molecule has 0 aliphatic carbocycles. The number of rotatable bonds is 11. The van der Waals surface area contributed by atoms with Gasteiger partial charge in [-0.15, -0.1) is 0 Å². The molecule has 0 fully saturated rings. The topological polar surface area (TPSA) is 66.0 Å². The van der Waals surface area contributed by atoms with Crippen LogP contribution in [-0.4, -0.2) is 50.1 Å². The van der Waals surface area contributed by atoms with E-state index in [0.29, 0.717) is 25.7 Å². The molecule has 2 aromatic rings. The largest absolute Gasteiger partial charge is 0.376 e. The van der Waals surface area contributed by atoms with Crippen LogP contribution in [0.3, 0.4) is 0 Å². The summed E-state index contributed by atoms with van der Waals surface area (Å²) in [5.41, 5.74) is 3.00. The Morgan fingerprint density at radius 1 is 1.00 bits per heavy atom. The summed E-state index contributed by atoms with van der Waals surface area (Å²) < 4.78 is 5.81. The van der Waals surface area contributed by atoms with Gasteiger partial charge in [-0.1, -0.05) is 49.4 Å². The summed E-state index contributed by atoms with van der Waals surface area (Å²) in [4.78, 5) is 18.5. The Kier molecular flexibility index (Phi) is 10.6. The Bertz CT molecular complexity index is 802. The van der Waals surface area contributed by atoms with E-state index in [1.54, 1.807) is 7.05 Å². The van der Waals surface area contributed by atoms with Gasteiger partial charge in [0.05, 0.1) is 13.2 Å². The van der Waals surface area contributed by atoms with Gasteiger partial charge < -0.3 is 20.3 Å². The molecule has 0 spiro atoms. The van der Waals surface area contributed by atoms with Crippen LogP contribution in [0, 0.1) is 5.92 Å². The smallest absolute Gasteiger partial charge is 0.253 e. The van der Waals surface area contributed by atoms with Crippen LogP contribution < -0.4 is 10.6 Å². The molecule has 1 unspecified atom stereocenters. The summed E-state index contributed by atoms with van der Waals surface area (Å²) >= 11 is 0. The maximum atomic E-state index is 12.4. The van der Waals surface area contributed by atoms with Gasteiger partial charge in [-0.05, 0) is 43.0 Å². The third kappa shape index (κ3) is 8.42. The van der Waals surface area contributed by atoms with Crippen LogP contribution in [0.1, 0.15) is 42.3 Å². The molecular weight excluding hydrogens is 388 g/mol. The first-order chi connectivity index (χ1) is 15.1. The number of benzene rings is 2. The lowest BCUT2D eigenvalue weighted by molar-refractivity contribution is 0.0773. The maximum absolute atomic E-state index is 12.4. The van der Waals surface area contributed by atoms with Crippen molar-refractivity contribution in [2.75, 3.05) is 33.3 Å². The molecule has 1 atom stereocenters. The second kappa shape index (κ2) is 13.4. The second-order valence-electron chi connectivity index (χ2n) is 7.59. The van der Waals surface area contributed by atoms with Crippen molar-refractivity contribution in [2.45, 2.75) is 33.9 Å². The van der Waals surface area contributed by atoms with Gasteiger partial charge in [-0.3, -0.25) is 9.79 Å². The van der Waals surface area contributed by atoms with Gasteiger partial charge in [0.15, 0.2) is 5.96 Å². The van der Waals surface area contributed by atoms with Gasteiger partial charge in [0.2, 0.25) is 0 Å². The first kappa shape index (κ1) is 24.4. The highest BCUT2D eigenvalue weighted by Gasteiger charge is 2.12. The second-order valence-corrected chi connectivity index (χ2v) is 7.59. The summed E-state index contributed by atoms with van der Waals surface area (Å²) in [5, 5.41) is 6.67. The molecule has 168 valence electrons. The van der Waals surface area contributed by atoms with Crippen molar-refractivity contribution < 1.29 is 9.53 Å². The van der Waals surface area contributed by atoms with Crippen molar-refractivity contribution in [1.29, 1.82) is 0 Å². The predicted octanol–water partition coefficient (Wildman–Crippen LogP) is 3.69. The van der Waals surface area contributed by atoms with E-state index in [9.17, 15) is 4.79 Å². The van der Waals surface area contributed by atoms with Crippen molar-refractivity contribution in [3.63, 3.8) is 0 Å². The quantitative estimate of drug-likeness (QED) is 0.427. The summed E-state index contributed by atoms with van der Waals surface area (Å²) in [5.74, 6) is 1.18. The highest BCUT2D eigenvalue weighted by molar-refractivity contribution is 5.94. The Morgan fingerprint density at radius 2 is 1.68 bits per heavy atom. The van der Waals surface area contributed by atoms with Crippen molar-refractivity contribution in [3.8, 4) is 0 Å². The number of carbonyl (C=O) groups excluding carboxylic acids is 1. The first-order valence-electron chi connectivity index (χ1n) is 11.0. The molecule has 2 N–H and O–H groups in total. The van der Waals surface area contributed by atoms with Crippen LogP contribution in [0.4, 0.5) is 0 Å². The van der Waals surface area contributed by atoms with E-state index in [4.69, 9.17) is 4.74 Å². The molecule has 6 heteroatoms. The molecule has 2 rings (SSSR count). The predicted molar refractivity (Wildman–Crippen MR) is 127 cm³/mol. The molecule has 0 saturated heterocycles. The Balaban J connectivity index is 1.72. The number of amides is 1. The number of guanidine groups is 1. The molecule has 6 nitrogen and oxygen atoms in total. The first-order valence-corrected chi connectivity index (χ1v) is 11.0. The zero-order valence-corrected chi connectivity index (χ0v) is 19.2. The summed E-state index contributed by atoms with van der Waals surface area (Å²) in [6, 6.07) is 17.9. The van der Waals surface area contributed by atoms with Gasteiger partial charge in [0.25, 0.3) is 5.91 Å². The highest BCUT2D eigenvalue weighted by Crippen LogP contribution is 2.08. The standard InChI is InChI=1S/C25H36N4O2/c1-5-29(6-2)24(30)23-14-12-21(13-15-23)17-28-25(26-4)27-16-20(3)18-31-19-22-10-8-7-9-11-22/h7-15,20H,5-6,16-19H2,1-4H3,(H2,26,27,28). The van der Waals surface area contributed by atoms with E-state index < -0.39 is 0 Å². The molecule has 0 aromatic heterocycles. The average Bonchev–Trinajstić information content (AvgIpc) is 2.81. The van der Waals surface area contributed by atoms with E-state index in [1.165, 1.54) is 5.56 Å². The zero-order chi connectivity index (χ0) is 22.5. The Morgan fingerprint density at radius 3 is 2.29 bits per heavy atom. The van der Waals surface area contributed by atoms with Crippen LogP contribution in [0.25, 0.3) is 0 Å². The van der Waals surface area contributed by atoms with Crippen LogP contribution in [0.2, 0.25) is 0 Å². The fraction of sp³-hybridized carbons (Fsp3) is 0.440. The van der Waals surface area contributed by atoms with Crippen LogP contribution in [0.5, 0.6) is 0 Å². The number of nitrogens with one attached hydrogen (secondary N) is 2. The summed E-state index contributed by atoms with van der Waals surface area (Å²) in [6.45, 7) is 10.3. The molecule has 0 aliphatic heterocycles. The maximum Gasteiger partial charge on any atom is 0.253 e. The molecule has 1 amide bonds. The normalized spacial score (nSPS) is 12.3. The summed E-state index contributed by atoms with van der Waals surface area (Å²) in [7, 11) is 1.76. The minimum Gasteiger partial charge on any atom is -0.376 e. The number of nitrogens with zero attached hydrogens (tertiary/aromatic N) is 2. The van der Waals surface area contributed by atoms with Crippen molar-refractivity contribution in [2.24, 2.45) is 10.9 Å². The fourth-order valence-corrected chi connectivity index (χ4v) is 3.15. The molecule has 0 bridgehead atoms. The SMILES string of the molecule is CCN(CC)C(=O)c1ccc(CNC(=NC)NCC(C)COCc2ccccc2)cc1. The third-order valence-electron chi connectivity index (χ3n) is 5.07. The lowest BCUT2D eigenvalue weighted by Gasteiger charge is -2.19. The fourth-order valence-electron chi connectivity index (χ4n) is 3.15. The molecule has 0 saturated carbocycles. The third-order valence-corrected chi connectivity index (χ3v) is 5.07. The zero-order valence-electron chi connectivity index (χ0n) is 19.2. The van der Waals surface area contributed by atoms with Crippen molar-refractivity contribution >= 4 is 11.9 Å². The molecular formula is C25H36N4O2. The number of ether oxygens (including phenoxy) is 1. The van der Waals surface area contributed by atoms with E-state index in [0.717, 1.165) is 36.7 Å².